The van der Waals surface area contributed by atoms with Gasteiger partial charge in [0.15, 0.2) is 5.75 Å². The first-order valence-electron chi connectivity index (χ1n) is 10.7. The first-order valence-corrected chi connectivity index (χ1v) is 10.7. The molecule has 0 bridgehead atoms. The number of aryl methyl sites for hydroxylation is 2. The highest BCUT2D eigenvalue weighted by Gasteiger charge is 2.30. The van der Waals surface area contributed by atoms with Crippen LogP contribution in [-0.4, -0.2) is 60.4 Å². The van der Waals surface area contributed by atoms with E-state index >= 15 is 0 Å². The van der Waals surface area contributed by atoms with Crippen molar-refractivity contribution in [1.82, 2.24) is 40.3 Å². The summed E-state index contributed by atoms with van der Waals surface area (Å²) in [6.45, 7) is 2.34. The van der Waals surface area contributed by atoms with Gasteiger partial charge in [-0.3, -0.25) is 9.78 Å². The van der Waals surface area contributed by atoms with Crippen LogP contribution in [0.2, 0.25) is 0 Å². The van der Waals surface area contributed by atoms with E-state index in [0.717, 1.165) is 22.8 Å². The van der Waals surface area contributed by atoms with Gasteiger partial charge in [0.2, 0.25) is 5.82 Å². The molecule has 172 valence electrons. The highest BCUT2D eigenvalue weighted by atomic mass is 16.5. The zero-order chi connectivity index (χ0) is 23.8. The molecule has 1 aromatic carbocycles. The van der Waals surface area contributed by atoms with E-state index in [2.05, 4.69) is 30.9 Å². The Hall–Kier alpha value is -4.41. The predicted molar refractivity (Wildman–Crippen MR) is 124 cm³/mol. The highest BCUT2D eigenvalue weighted by Crippen LogP contribution is 2.38. The number of pyridine rings is 1. The third kappa shape index (κ3) is 3.91. The van der Waals surface area contributed by atoms with Gasteiger partial charge in [0, 0.05) is 19.2 Å². The fourth-order valence-corrected chi connectivity index (χ4v) is 3.96. The van der Waals surface area contributed by atoms with Gasteiger partial charge in [0.1, 0.15) is 0 Å². The predicted octanol–water partition coefficient (Wildman–Crippen LogP) is 2.30. The lowest BCUT2D eigenvalue weighted by molar-refractivity contribution is 0.0817. The van der Waals surface area contributed by atoms with Gasteiger partial charge in [-0.15, -0.1) is 10.2 Å². The smallest absolute Gasteiger partial charge is 0.257 e. The van der Waals surface area contributed by atoms with Crippen LogP contribution in [0.25, 0.3) is 11.4 Å². The molecule has 0 unspecified atom stereocenters. The molecule has 0 spiro atoms. The standard InChI is InChI=1S/C23H23N9O2/c1-13-8-9-14(27-26-13)10-15-11-18(20-19(24-15)12-31(2)23(20)33)25-17-7-5-6-16(21(17)34-4)22-28-30-32(3)29-22/h5-9,11H,10,12H2,1-4H3,(H,24,25). The molecule has 0 aliphatic carbocycles. The van der Waals surface area contributed by atoms with Gasteiger partial charge >= 0.3 is 0 Å². The first kappa shape index (κ1) is 21.4. The molecule has 4 heterocycles. The SMILES string of the molecule is COc1c(Nc2cc(Cc3ccc(C)nn3)nc3c2C(=O)N(C)C3)cccc1-c1nnn(C)n1. The molecule has 1 N–H and O–H groups in total. The topological polar surface area (TPSA) is 124 Å². The molecule has 3 aromatic heterocycles. The van der Waals surface area contributed by atoms with Crippen LogP contribution in [0.3, 0.4) is 0 Å². The Morgan fingerprint density at radius 2 is 1.91 bits per heavy atom. The number of benzene rings is 1. The van der Waals surface area contributed by atoms with Crippen molar-refractivity contribution in [1.29, 1.82) is 0 Å². The van der Waals surface area contributed by atoms with Crippen LogP contribution in [0.5, 0.6) is 5.75 Å². The first-order chi connectivity index (χ1) is 16.4. The number of hydrogen-bond donors (Lipinski definition) is 1. The van der Waals surface area contributed by atoms with Gasteiger partial charge < -0.3 is 15.0 Å². The zero-order valence-corrected chi connectivity index (χ0v) is 19.3. The van der Waals surface area contributed by atoms with Crippen LogP contribution < -0.4 is 10.1 Å². The van der Waals surface area contributed by atoms with E-state index in [9.17, 15) is 4.79 Å². The molecule has 11 nitrogen and oxygen atoms in total. The van der Waals surface area contributed by atoms with Gasteiger partial charge in [-0.2, -0.15) is 15.0 Å². The molecule has 0 atom stereocenters. The number of nitrogens with one attached hydrogen (secondary N) is 1. The molecular formula is C23H23N9O2. The minimum absolute atomic E-state index is 0.0857. The summed E-state index contributed by atoms with van der Waals surface area (Å²) in [5, 5.41) is 24.1. The van der Waals surface area contributed by atoms with Gasteiger partial charge in [-0.05, 0) is 42.5 Å². The molecular weight excluding hydrogens is 434 g/mol. The maximum absolute atomic E-state index is 12.9. The lowest BCUT2D eigenvalue weighted by Gasteiger charge is -2.16. The average Bonchev–Trinajstić information content (AvgIpc) is 3.38. The van der Waals surface area contributed by atoms with Crippen molar-refractivity contribution >= 4 is 17.3 Å². The number of rotatable bonds is 6. The number of ether oxygens (including phenoxy) is 1. The van der Waals surface area contributed by atoms with Crippen LogP contribution in [0.4, 0.5) is 11.4 Å². The van der Waals surface area contributed by atoms with Gasteiger partial charge in [0.25, 0.3) is 5.91 Å². The maximum atomic E-state index is 12.9. The normalized spacial score (nSPS) is 12.7. The van der Waals surface area contributed by atoms with Crippen molar-refractivity contribution in [3.8, 4) is 17.1 Å². The van der Waals surface area contributed by atoms with Crippen LogP contribution >= 0.6 is 0 Å². The molecule has 1 aliphatic heterocycles. The van der Waals surface area contributed by atoms with E-state index in [-0.39, 0.29) is 5.91 Å². The number of anilines is 2. The minimum Gasteiger partial charge on any atom is -0.494 e. The summed E-state index contributed by atoms with van der Waals surface area (Å²) in [5.41, 5.74) is 5.71. The Bertz CT molecular complexity index is 1380. The molecule has 4 aromatic rings. The molecule has 0 fully saturated rings. The Balaban J connectivity index is 1.56. The molecule has 1 aliphatic rings. The number of aromatic nitrogens is 7. The molecule has 11 heteroatoms. The fraction of sp³-hybridized carbons (Fsp3) is 0.261. The van der Waals surface area contributed by atoms with Crippen LogP contribution in [0.1, 0.15) is 33.1 Å². The Morgan fingerprint density at radius 1 is 1.06 bits per heavy atom. The van der Waals surface area contributed by atoms with Crippen molar-refractivity contribution in [3.05, 3.63) is 64.7 Å². The van der Waals surface area contributed by atoms with Gasteiger partial charge in [-0.1, -0.05) is 6.07 Å². The summed E-state index contributed by atoms with van der Waals surface area (Å²) in [7, 11) is 5.05. The molecule has 0 radical (unpaired) electrons. The Labute approximate surface area is 195 Å². The number of carbonyl (C=O) groups excluding carboxylic acids is 1. The molecule has 5 rings (SSSR count). The third-order valence-corrected chi connectivity index (χ3v) is 5.55. The van der Waals surface area contributed by atoms with Crippen LogP contribution in [-0.2, 0) is 20.0 Å². The number of amides is 1. The molecule has 0 saturated carbocycles. The summed E-state index contributed by atoms with van der Waals surface area (Å²) in [5.74, 6) is 0.903. The third-order valence-electron chi connectivity index (χ3n) is 5.55. The van der Waals surface area contributed by atoms with Crippen molar-refractivity contribution < 1.29 is 9.53 Å². The summed E-state index contributed by atoms with van der Waals surface area (Å²) >= 11 is 0. The second-order valence-electron chi connectivity index (χ2n) is 8.10. The van der Waals surface area contributed by atoms with E-state index < -0.39 is 0 Å². The monoisotopic (exact) mass is 457 g/mol. The zero-order valence-electron chi connectivity index (χ0n) is 19.3. The summed E-state index contributed by atoms with van der Waals surface area (Å²) in [6, 6.07) is 11.3. The summed E-state index contributed by atoms with van der Waals surface area (Å²) < 4.78 is 5.71. The molecule has 1 amide bonds. The number of para-hydroxylation sites is 1. The van der Waals surface area contributed by atoms with Crippen molar-refractivity contribution in [2.75, 3.05) is 19.5 Å². The number of tetrazole rings is 1. The number of carbonyl (C=O) groups is 1. The largest absolute Gasteiger partial charge is 0.494 e. The van der Waals surface area contributed by atoms with E-state index in [1.165, 1.54) is 4.80 Å². The van der Waals surface area contributed by atoms with Crippen LogP contribution in [0.15, 0.2) is 36.4 Å². The van der Waals surface area contributed by atoms with E-state index in [4.69, 9.17) is 9.72 Å². The average molecular weight is 457 g/mol. The molecule has 0 saturated heterocycles. The lowest BCUT2D eigenvalue weighted by atomic mass is 10.1. The van der Waals surface area contributed by atoms with E-state index in [1.54, 1.807) is 26.1 Å². The summed E-state index contributed by atoms with van der Waals surface area (Å²) in [6.07, 6.45) is 0.494. The lowest BCUT2D eigenvalue weighted by Crippen LogP contribution is -2.18. The van der Waals surface area contributed by atoms with E-state index in [0.29, 0.717) is 47.0 Å². The fourth-order valence-electron chi connectivity index (χ4n) is 3.96. The second-order valence-corrected chi connectivity index (χ2v) is 8.10. The number of methoxy groups -OCH3 is 1. The maximum Gasteiger partial charge on any atom is 0.257 e. The summed E-state index contributed by atoms with van der Waals surface area (Å²) in [4.78, 5) is 20.7. The number of hydrogen-bond acceptors (Lipinski definition) is 9. The van der Waals surface area contributed by atoms with E-state index in [1.807, 2.05) is 43.3 Å². The quantitative estimate of drug-likeness (QED) is 0.464. The number of nitrogens with zero attached hydrogens (tertiary/aromatic N) is 8. The van der Waals surface area contributed by atoms with Gasteiger partial charge in [0.05, 0.1) is 60.3 Å². The van der Waals surface area contributed by atoms with Crippen LogP contribution in [0, 0.1) is 6.92 Å². The Kier molecular flexibility index (Phi) is 5.36. The van der Waals surface area contributed by atoms with Gasteiger partial charge in [-0.25, -0.2) is 0 Å². The minimum atomic E-state index is -0.0857. The highest BCUT2D eigenvalue weighted by molar-refractivity contribution is 6.03. The second kappa shape index (κ2) is 8.50. The van der Waals surface area contributed by atoms with Crippen molar-refractivity contribution in [3.63, 3.8) is 0 Å². The Morgan fingerprint density at radius 3 is 2.62 bits per heavy atom. The molecule has 34 heavy (non-hydrogen) atoms. The van der Waals surface area contributed by atoms with Crippen molar-refractivity contribution in [2.45, 2.75) is 19.9 Å². The van der Waals surface area contributed by atoms with Crippen molar-refractivity contribution in [2.24, 2.45) is 7.05 Å². The number of fused-ring (bicyclic) bond motifs is 1.